The third kappa shape index (κ3) is 4.36. The van der Waals surface area contributed by atoms with E-state index in [1.165, 1.54) is 7.11 Å². The van der Waals surface area contributed by atoms with Gasteiger partial charge in [-0.3, -0.25) is 0 Å². The fourth-order valence-electron chi connectivity index (χ4n) is 2.72. The number of hydrogen-bond acceptors (Lipinski definition) is 4. The van der Waals surface area contributed by atoms with E-state index in [9.17, 15) is 10.1 Å². The molecule has 0 saturated heterocycles. The topological polar surface area (TPSA) is 59.3 Å². The van der Waals surface area contributed by atoms with E-state index in [1.54, 1.807) is 6.07 Å². The van der Waals surface area contributed by atoms with Crippen molar-refractivity contribution in [1.29, 1.82) is 5.26 Å². The lowest BCUT2D eigenvalue weighted by atomic mass is 9.97. The molecule has 0 aliphatic heterocycles. The van der Waals surface area contributed by atoms with Gasteiger partial charge < -0.3 is 9.47 Å². The molecule has 0 aliphatic carbocycles. The lowest BCUT2D eigenvalue weighted by Gasteiger charge is -2.08. The lowest BCUT2D eigenvalue weighted by Crippen LogP contribution is -2.12. The number of methoxy groups -OCH3 is 1. The van der Waals surface area contributed by atoms with Gasteiger partial charge in [0.15, 0.2) is 6.61 Å². The van der Waals surface area contributed by atoms with Crippen LogP contribution in [0.5, 0.6) is 5.75 Å². The maximum atomic E-state index is 11.2. The van der Waals surface area contributed by atoms with Crippen molar-refractivity contribution in [3.63, 3.8) is 0 Å². The fourth-order valence-corrected chi connectivity index (χ4v) is 3.23. The van der Waals surface area contributed by atoms with Gasteiger partial charge in [0, 0.05) is 5.56 Å². The Labute approximate surface area is 165 Å². The van der Waals surface area contributed by atoms with Crippen LogP contribution < -0.4 is 4.74 Å². The maximum absolute atomic E-state index is 11.2. The fraction of sp³-hybridized carbons (Fsp3) is 0.0909. The van der Waals surface area contributed by atoms with E-state index in [-0.39, 0.29) is 6.61 Å². The summed E-state index contributed by atoms with van der Waals surface area (Å²) in [4.78, 5) is 11.2. The van der Waals surface area contributed by atoms with Gasteiger partial charge in [0.1, 0.15) is 5.75 Å². The number of fused-ring (bicyclic) bond motifs is 1. The molecule has 0 amide bonds. The van der Waals surface area contributed by atoms with Crippen molar-refractivity contribution in [2.24, 2.45) is 0 Å². The molecule has 4 nitrogen and oxygen atoms in total. The highest BCUT2D eigenvalue weighted by molar-refractivity contribution is 9.10. The highest BCUT2D eigenvalue weighted by Gasteiger charge is 2.09. The number of hydrogen-bond donors (Lipinski definition) is 0. The van der Waals surface area contributed by atoms with Crippen LogP contribution in [0.4, 0.5) is 0 Å². The summed E-state index contributed by atoms with van der Waals surface area (Å²) in [6, 6.07) is 21.6. The molecule has 3 aromatic carbocycles. The Hall–Kier alpha value is -3.10. The Morgan fingerprint density at radius 3 is 2.67 bits per heavy atom. The number of nitriles is 1. The number of benzene rings is 3. The summed E-state index contributed by atoms with van der Waals surface area (Å²) in [6.45, 7) is -0.163. The van der Waals surface area contributed by atoms with Gasteiger partial charge in [0.25, 0.3) is 0 Å². The Bertz CT molecular complexity index is 1060. The number of ether oxygens (including phenoxy) is 2. The smallest absolute Gasteiger partial charge is 0.343 e. The van der Waals surface area contributed by atoms with Crippen LogP contribution in [0, 0.1) is 11.3 Å². The van der Waals surface area contributed by atoms with Crippen LogP contribution in [-0.4, -0.2) is 19.7 Å². The molecule has 0 bridgehead atoms. The second kappa shape index (κ2) is 8.52. The second-order valence-corrected chi connectivity index (χ2v) is 6.61. The molecule has 0 aromatic heterocycles. The number of esters is 1. The zero-order valence-electron chi connectivity index (χ0n) is 14.6. The minimum Gasteiger partial charge on any atom is -0.481 e. The summed E-state index contributed by atoms with van der Waals surface area (Å²) in [7, 11) is 1.31. The molecule has 0 fully saturated rings. The van der Waals surface area contributed by atoms with Crippen LogP contribution in [0.1, 0.15) is 11.1 Å². The van der Waals surface area contributed by atoms with E-state index in [2.05, 4.69) is 26.7 Å². The van der Waals surface area contributed by atoms with Crippen LogP contribution >= 0.6 is 15.9 Å². The number of rotatable bonds is 5. The van der Waals surface area contributed by atoms with Gasteiger partial charge in [-0.2, -0.15) is 5.26 Å². The predicted octanol–water partition coefficient (Wildman–Crippen LogP) is 5.22. The molecule has 0 aliphatic rings. The molecule has 0 N–H and O–H groups in total. The average molecular weight is 422 g/mol. The molecular weight excluding hydrogens is 406 g/mol. The molecule has 3 aromatic rings. The molecule has 0 unspecified atom stereocenters. The molecule has 0 spiro atoms. The predicted molar refractivity (Wildman–Crippen MR) is 109 cm³/mol. The molecule has 3 rings (SSSR count). The van der Waals surface area contributed by atoms with Gasteiger partial charge in [-0.1, -0.05) is 48.5 Å². The first kappa shape index (κ1) is 18.7. The monoisotopic (exact) mass is 421 g/mol. The van der Waals surface area contributed by atoms with Crippen LogP contribution in [-0.2, 0) is 9.53 Å². The lowest BCUT2D eigenvalue weighted by molar-refractivity contribution is -0.142. The third-order valence-corrected chi connectivity index (χ3v) is 4.66. The van der Waals surface area contributed by atoms with Crippen molar-refractivity contribution >= 4 is 44.3 Å². The molecule has 0 saturated carbocycles. The first-order valence-electron chi connectivity index (χ1n) is 8.21. The molecular formula is C22H16BrNO3. The Kier molecular flexibility index (Phi) is 5.90. The molecule has 134 valence electrons. The summed E-state index contributed by atoms with van der Waals surface area (Å²) in [6.07, 6.45) is 1.83. The minimum absolute atomic E-state index is 0.163. The van der Waals surface area contributed by atoms with Gasteiger partial charge in [0.2, 0.25) is 0 Å². The van der Waals surface area contributed by atoms with E-state index >= 15 is 0 Å². The van der Waals surface area contributed by atoms with Gasteiger partial charge in [-0.15, -0.1) is 0 Å². The van der Waals surface area contributed by atoms with E-state index in [4.69, 9.17) is 4.74 Å². The molecule has 5 heteroatoms. The number of nitrogens with zero attached hydrogens (tertiary/aromatic N) is 1. The summed E-state index contributed by atoms with van der Waals surface area (Å²) in [5.74, 6) is 0.0785. The first-order valence-corrected chi connectivity index (χ1v) is 9.01. The van der Waals surface area contributed by atoms with Crippen molar-refractivity contribution < 1.29 is 14.3 Å². The van der Waals surface area contributed by atoms with Crippen molar-refractivity contribution in [2.45, 2.75) is 0 Å². The van der Waals surface area contributed by atoms with Crippen LogP contribution in [0.2, 0.25) is 0 Å². The SMILES string of the molecule is COC(=O)COc1ccc(/C=C(/C#N)c2cccc3ccccc23)cc1Br. The van der Waals surface area contributed by atoms with E-state index in [0.29, 0.717) is 15.8 Å². The summed E-state index contributed by atoms with van der Waals surface area (Å²) >= 11 is 3.44. The van der Waals surface area contributed by atoms with Crippen LogP contribution in [0.3, 0.4) is 0 Å². The van der Waals surface area contributed by atoms with E-state index in [1.807, 2.05) is 60.7 Å². The molecule has 0 atom stereocenters. The number of allylic oxidation sites excluding steroid dienone is 1. The molecule has 0 heterocycles. The van der Waals surface area contributed by atoms with Crippen LogP contribution in [0.25, 0.3) is 22.4 Å². The van der Waals surface area contributed by atoms with Gasteiger partial charge in [-0.25, -0.2) is 4.79 Å². The molecule has 0 radical (unpaired) electrons. The highest BCUT2D eigenvalue weighted by atomic mass is 79.9. The number of carbonyl (C=O) groups is 1. The Balaban J connectivity index is 1.93. The Morgan fingerprint density at radius 1 is 1.15 bits per heavy atom. The summed E-state index contributed by atoms with van der Waals surface area (Å²) < 4.78 is 10.7. The van der Waals surface area contributed by atoms with Crippen molar-refractivity contribution in [1.82, 2.24) is 0 Å². The number of carbonyl (C=O) groups excluding carboxylic acids is 1. The zero-order chi connectivity index (χ0) is 19.2. The van der Waals surface area contributed by atoms with E-state index in [0.717, 1.165) is 21.9 Å². The van der Waals surface area contributed by atoms with E-state index < -0.39 is 5.97 Å². The van der Waals surface area contributed by atoms with Gasteiger partial charge in [-0.05, 0) is 50.5 Å². The van der Waals surface area contributed by atoms with Gasteiger partial charge in [0.05, 0.1) is 23.2 Å². The third-order valence-electron chi connectivity index (χ3n) is 4.04. The maximum Gasteiger partial charge on any atom is 0.343 e. The molecule has 27 heavy (non-hydrogen) atoms. The first-order chi connectivity index (χ1) is 13.1. The van der Waals surface area contributed by atoms with Crippen LogP contribution in [0.15, 0.2) is 65.1 Å². The second-order valence-electron chi connectivity index (χ2n) is 5.75. The average Bonchev–Trinajstić information content (AvgIpc) is 2.70. The quantitative estimate of drug-likeness (QED) is 0.322. The van der Waals surface area contributed by atoms with Crippen molar-refractivity contribution in [3.05, 3.63) is 76.3 Å². The van der Waals surface area contributed by atoms with Crippen molar-refractivity contribution in [3.8, 4) is 11.8 Å². The number of halogens is 1. The highest BCUT2D eigenvalue weighted by Crippen LogP contribution is 2.30. The normalized spacial score (nSPS) is 11.1. The van der Waals surface area contributed by atoms with Crippen molar-refractivity contribution in [2.75, 3.05) is 13.7 Å². The largest absolute Gasteiger partial charge is 0.481 e. The zero-order valence-corrected chi connectivity index (χ0v) is 16.2. The summed E-state index contributed by atoms with van der Waals surface area (Å²) in [5.41, 5.74) is 2.30. The summed E-state index contributed by atoms with van der Waals surface area (Å²) in [5, 5.41) is 11.8. The minimum atomic E-state index is -0.450. The Morgan fingerprint density at radius 2 is 1.93 bits per heavy atom. The standard InChI is InChI=1S/C22H16BrNO3/c1-26-22(25)14-27-21-10-9-15(12-20(21)23)11-17(13-24)19-8-4-6-16-5-2-3-7-18(16)19/h2-12H,14H2,1H3/b17-11-. The van der Waals surface area contributed by atoms with Gasteiger partial charge >= 0.3 is 5.97 Å².